The number of sulfonamides is 1. The van der Waals surface area contributed by atoms with Crippen LogP contribution in [0.5, 0.6) is 0 Å². The van der Waals surface area contributed by atoms with E-state index in [1.54, 1.807) is 0 Å². The summed E-state index contributed by atoms with van der Waals surface area (Å²) in [5.41, 5.74) is 5.09. The topological polar surface area (TPSA) is 72.2 Å². The van der Waals surface area contributed by atoms with Crippen LogP contribution in [0.3, 0.4) is 0 Å². The third kappa shape index (κ3) is 4.52. The quantitative estimate of drug-likeness (QED) is 0.837. The lowest BCUT2D eigenvalue weighted by Gasteiger charge is -2.24. The zero-order valence-corrected chi connectivity index (χ0v) is 11.7. The molecule has 7 heteroatoms. The molecule has 0 heterocycles. The van der Waals surface area contributed by atoms with Gasteiger partial charge in [0.2, 0.25) is 10.0 Å². The number of benzene rings is 1. The second-order valence-electron chi connectivity index (χ2n) is 5.10. The molecule has 0 aliphatic heterocycles. The van der Waals surface area contributed by atoms with Gasteiger partial charge < -0.3 is 5.73 Å². The Bertz CT molecular complexity index is 545. The van der Waals surface area contributed by atoms with Gasteiger partial charge in [0.05, 0.1) is 0 Å². The van der Waals surface area contributed by atoms with Crippen LogP contribution in [0.25, 0.3) is 0 Å². The second kappa shape index (κ2) is 5.94. The van der Waals surface area contributed by atoms with Crippen molar-refractivity contribution >= 4 is 10.0 Å². The lowest BCUT2D eigenvalue weighted by Crippen LogP contribution is -2.35. The van der Waals surface area contributed by atoms with Crippen LogP contribution in [0, 0.1) is 17.0 Å². The maximum absolute atomic E-state index is 13.4. The first kappa shape index (κ1) is 16.0. The molecule has 0 saturated carbocycles. The first-order valence-corrected chi connectivity index (χ1v) is 7.31. The normalized spacial score (nSPS) is 12.7. The molecule has 0 spiro atoms. The summed E-state index contributed by atoms with van der Waals surface area (Å²) in [6.07, 6.45) is 0.626. The molecule has 1 aromatic rings. The number of nitrogens with two attached hydrogens (primary N) is 1. The third-order valence-electron chi connectivity index (χ3n) is 2.75. The fourth-order valence-electron chi connectivity index (χ4n) is 1.54. The van der Waals surface area contributed by atoms with Gasteiger partial charge in [-0.2, -0.15) is 0 Å². The Balaban J connectivity index is 2.87. The number of rotatable bonds is 6. The molecule has 0 saturated heterocycles. The maximum atomic E-state index is 13.4. The lowest BCUT2D eigenvalue weighted by molar-refractivity contribution is 0.340. The summed E-state index contributed by atoms with van der Waals surface area (Å²) < 4.78 is 52.3. The van der Waals surface area contributed by atoms with Gasteiger partial charge in [0.15, 0.2) is 0 Å². The zero-order valence-electron chi connectivity index (χ0n) is 10.9. The highest BCUT2D eigenvalue weighted by atomic mass is 32.2. The van der Waals surface area contributed by atoms with Crippen molar-refractivity contribution in [3.05, 3.63) is 29.8 Å². The fraction of sp³-hybridized carbons (Fsp3) is 0.500. The lowest BCUT2D eigenvalue weighted by atomic mass is 9.90. The summed E-state index contributed by atoms with van der Waals surface area (Å²) in [6, 6.07) is 2.35. The van der Waals surface area contributed by atoms with Crippen molar-refractivity contribution < 1.29 is 17.2 Å². The average molecular weight is 292 g/mol. The van der Waals surface area contributed by atoms with Gasteiger partial charge in [0, 0.05) is 12.6 Å². The van der Waals surface area contributed by atoms with Crippen LogP contribution in [-0.4, -0.2) is 21.5 Å². The van der Waals surface area contributed by atoms with Gasteiger partial charge in [-0.1, -0.05) is 13.8 Å². The molecule has 108 valence electrons. The second-order valence-corrected chi connectivity index (χ2v) is 6.84. The molecule has 1 rings (SSSR count). The Kier molecular flexibility index (Phi) is 5.00. The van der Waals surface area contributed by atoms with E-state index in [0.29, 0.717) is 19.0 Å². The van der Waals surface area contributed by atoms with E-state index in [4.69, 9.17) is 5.73 Å². The summed E-state index contributed by atoms with van der Waals surface area (Å²) in [5, 5.41) is 0. The number of halogens is 2. The van der Waals surface area contributed by atoms with E-state index in [2.05, 4.69) is 4.72 Å². The Hall–Kier alpha value is -1.05. The van der Waals surface area contributed by atoms with E-state index in [-0.39, 0.29) is 12.0 Å². The molecule has 0 bridgehead atoms. The molecule has 0 aliphatic carbocycles. The van der Waals surface area contributed by atoms with Gasteiger partial charge in [-0.25, -0.2) is 21.9 Å². The number of hydrogen-bond donors (Lipinski definition) is 2. The van der Waals surface area contributed by atoms with Crippen LogP contribution in [0.15, 0.2) is 23.1 Å². The Morgan fingerprint density at radius 3 is 2.47 bits per heavy atom. The van der Waals surface area contributed by atoms with E-state index in [0.717, 1.165) is 12.1 Å². The Morgan fingerprint density at radius 1 is 1.32 bits per heavy atom. The van der Waals surface area contributed by atoms with Crippen LogP contribution in [0.2, 0.25) is 0 Å². The summed E-state index contributed by atoms with van der Waals surface area (Å²) in [4.78, 5) is -0.558. The Morgan fingerprint density at radius 2 is 1.95 bits per heavy atom. The predicted octanol–water partition coefficient (Wildman–Crippen LogP) is 1.62. The highest BCUT2D eigenvalue weighted by molar-refractivity contribution is 7.89. The van der Waals surface area contributed by atoms with Crippen LogP contribution in [0.4, 0.5) is 8.78 Å². The van der Waals surface area contributed by atoms with Crippen molar-refractivity contribution in [1.82, 2.24) is 4.72 Å². The molecule has 0 unspecified atom stereocenters. The number of hydrogen-bond acceptors (Lipinski definition) is 3. The SMILES string of the molecule is CC(C)(CCN)CNS(=O)(=O)c1ccc(F)cc1F. The average Bonchev–Trinajstić information content (AvgIpc) is 2.26. The largest absolute Gasteiger partial charge is 0.330 e. The van der Waals surface area contributed by atoms with Gasteiger partial charge in [-0.3, -0.25) is 0 Å². The summed E-state index contributed by atoms with van der Waals surface area (Å²) in [5.74, 6) is -1.93. The van der Waals surface area contributed by atoms with Crippen molar-refractivity contribution in [2.45, 2.75) is 25.2 Å². The summed E-state index contributed by atoms with van der Waals surface area (Å²) in [6.45, 7) is 4.26. The van der Waals surface area contributed by atoms with Crippen molar-refractivity contribution in [1.29, 1.82) is 0 Å². The minimum Gasteiger partial charge on any atom is -0.330 e. The maximum Gasteiger partial charge on any atom is 0.243 e. The fourth-order valence-corrected chi connectivity index (χ4v) is 2.84. The molecule has 0 aromatic heterocycles. The molecule has 0 aliphatic rings. The highest BCUT2D eigenvalue weighted by Gasteiger charge is 2.24. The van der Waals surface area contributed by atoms with E-state index in [1.807, 2.05) is 13.8 Å². The molecular weight excluding hydrogens is 274 g/mol. The van der Waals surface area contributed by atoms with Crippen molar-refractivity contribution in [2.24, 2.45) is 11.1 Å². The molecule has 0 radical (unpaired) electrons. The summed E-state index contributed by atoms with van der Waals surface area (Å²) in [7, 11) is -3.99. The van der Waals surface area contributed by atoms with E-state index < -0.39 is 26.6 Å². The van der Waals surface area contributed by atoms with Crippen LogP contribution < -0.4 is 10.5 Å². The smallest absolute Gasteiger partial charge is 0.243 e. The molecule has 0 amide bonds. The molecule has 19 heavy (non-hydrogen) atoms. The van der Waals surface area contributed by atoms with E-state index in [9.17, 15) is 17.2 Å². The van der Waals surface area contributed by atoms with Crippen LogP contribution >= 0.6 is 0 Å². The highest BCUT2D eigenvalue weighted by Crippen LogP contribution is 2.20. The van der Waals surface area contributed by atoms with Gasteiger partial charge in [-0.05, 0) is 30.5 Å². The van der Waals surface area contributed by atoms with Gasteiger partial charge in [0.1, 0.15) is 16.5 Å². The molecule has 0 atom stereocenters. The van der Waals surface area contributed by atoms with Gasteiger partial charge >= 0.3 is 0 Å². The minimum atomic E-state index is -3.99. The van der Waals surface area contributed by atoms with Gasteiger partial charge in [0.25, 0.3) is 0 Å². The first-order chi connectivity index (χ1) is 8.68. The number of nitrogens with one attached hydrogen (secondary N) is 1. The predicted molar refractivity (Wildman–Crippen MR) is 69.0 cm³/mol. The molecule has 4 nitrogen and oxygen atoms in total. The zero-order chi connectivity index (χ0) is 14.7. The third-order valence-corrected chi connectivity index (χ3v) is 4.18. The molecule has 1 aromatic carbocycles. The minimum absolute atomic E-state index is 0.128. The van der Waals surface area contributed by atoms with Crippen molar-refractivity contribution in [3.63, 3.8) is 0 Å². The van der Waals surface area contributed by atoms with E-state index >= 15 is 0 Å². The first-order valence-electron chi connectivity index (χ1n) is 5.83. The standard InChI is InChI=1S/C12H18F2N2O2S/c1-12(2,5-6-15)8-16-19(17,18)11-4-3-9(13)7-10(11)14/h3-4,7,16H,5-6,8,15H2,1-2H3. The van der Waals surface area contributed by atoms with Crippen molar-refractivity contribution in [3.8, 4) is 0 Å². The van der Waals surface area contributed by atoms with Crippen LogP contribution in [0.1, 0.15) is 20.3 Å². The van der Waals surface area contributed by atoms with E-state index in [1.165, 1.54) is 0 Å². The Labute approximate surface area is 112 Å². The van der Waals surface area contributed by atoms with Gasteiger partial charge in [-0.15, -0.1) is 0 Å². The van der Waals surface area contributed by atoms with Crippen molar-refractivity contribution in [2.75, 3.05) is 13.1 Å². The molecular formula is C12H18F2N2O2S. The van der Waals surface area contributed by atoms with Crippen LogP contribution in [-0.2, 0) is 10.0 Å². The monoisotopic (exact) mass is 292 g/mol. The molecule has 3 N–H and O–H groups in total. The molecule has 0 fully saturated rings. The summed E-state index contributed by atoms with van der Waals surface area (Å²) >= 11 is 0.